The van der Waals surface area contributed by atoms with Crippen LogP contribution in [0.4, 0.5) is 0 Å². The van der Waals surface area contributed by atoms with Crippen LogP contribution in [0.5, 0.6) is 0 Å². The van der Waals surface area contributed by atoms with Gasteiger partial charge in [-0.3, -0.25) is 4.98 Å². The topological polar surface area (TPSA) is 12.9 Å². The van der Waals surface area contributed by atoms with Gasteiger partial charge in [0.15, 0.2) is 0 Å². The molecule has 0 fully saturated rings. The average Bonchev–Trinajstić information content (AvgIpc) is 2.51. The first kappa shape index (κ1) is 8.45. The van der Waals surface area contributed by atoms with Gasteiger partial charge in [0.05, 0.1) is 0 Å². The van der Waals surface area contributed by atoms with Gasteiger partial charge in [0.2, 0.25) is 0 Å². The molecule has 1 nitrogen and oxygen atoms in total. The zero-order valence-electron chi connectivity index (χ0n) is 7.74. The predicted octanol–water partition coefficient (Wildman–Crippen LogP) is 3.43. The molecule has 0 radical (unpaired) electrons. The maximum atomic E-state index is 4.18. The van der Waals surface area contributed by atoms with Crippen LogP contribution in [-0.2, 0) is 0 Å². The highest BCUT2D eigenvalue weighted by Gasteiger charge is 2.02. The molecule has 66 valence electrons. The van der Waals surface area contributed by atoms with Crippen molar-refractivity contribution in [3.8, 4) is 10.4 Å². The molecule has 0 aliphatic heterocycles. The Bertz CT molecular complexity index is 418. The quantitative estimate of drug-likeness (QED) is 0.669. The number of aryl methyl sites for hydroxylation is 2. The molecular formula is C11H11NS. The molecule has 2 heteroatoms. The SMILES string of the molecule is Cc1cc(-c2sccc2C)ccn1. The molecule has 0 aliphatic carbocycles. The third-order valence-electron chi connectivity index (χ3n) is 2.02. The van der Waals surface area contributed by atoms with Gasteiger partial charge in [-0.05, 0) is 48.6 Å². The Balaban J connectivity index is 2.53. The molecule has 2 aromatic rings. The first-order chi connectivity index (χ1) is 6.27. The lowest BCUT2D eigenvalue weighted by Gasteiger charge is -1.99. The summed E-state index contributed by atoms with van der Waals surface area (Å²) >= 11 is 1.78. The van der Waals surface area contributed by atoms with Gasteiger partial charge >= 0.3 is 0 Å². The summed E-state index contributed by atoms with van der Waals surface area (Å²) < 4.78 is 0. The van der Waals surface area contributed by atoms with Gasteiger partial charge in [0, 0.05) is 16.8 Å². The van der Waals surface area contributed by atoms with E-state index in [2.05, 4.69) is 35.5 Å². The Morgan fingerprint density at radius 2 is 2.08 bits per heavy atom. The van der Waals surface area contributed by atoms with E-state index in [-0.39, 0.29) is 0 Å². The molecule has 0 saturated carbocycles. The molecule has 0 N–H and O–H groups in total. The van der Waals surface area contributed by atoms with Gasteiger partial charge in [0.25, 0.3) is 0 Å². The van der Waals surface area contributed by atoms with E-state index in [1.165, 1.54) is 16.0 Å². The lowest BCUT2D eigenvalue weighted by molar-refractivity contribution is 1.20. The molecule has 0 saturated heterocycles. The largest absolute Gasteiger partial charge is 0.262 e. The molecule has 0 spiro atoms. The molecule has 0 bridgehead atoms. The maximum Gasteiger partial charge on any atom is 0.0379 e. The van der Waals surface area contributed by atoms with Gasteiger partial charge in [-0.2, -0.15) is 0 Å². The summed E-state index contributed by atoms with van der Waals surface area (Å²) in [6.07, 6.45) is 1.86. The molecule has 0 atom stereocenters. The van der Waals surface area contributed by atoms with Gasteiger partial charge in [-0.1, -0.05) is 0 Å². The van der Waals surface area contributed by atoms with Crippen LogP contribution in [-0.4, -0.2) is 4.98 Å². The highest BCUT2D eigenvalue weighted by atomic mass is 32.1. The molecular weight excluding hydrogens is 178 g/mol. The smallest absolute Gasteiger partial charge is 0.0379 e. The monoisotopic (exact) mass is 189 g/mol. The predicted molar refractivity (Wildman–Crippen MR) is 57.0 cm³/mol. The van der Waals surface area contributed by atoms with E-state index in [0.29, 0.717) is 0 Å². The molecule has 13 heavy (non-hydrogen) atoms. The van der Waals surface area contributed by atoms with Crippen molar-refractivity contribution in [2.24, 2.45) is 0 Å². The van der Waals surface area contributed by atoms with E-state index in [4.69, 9.17) is 0 Å². The van der Waals surface area contributed by atoms with Crippen LogP contribution in [0.2, 0.25) is 0 Å². The Labute approximate surface area is 82.1 Å². The Morgan fingerprint density at radius 3 is 2.69 bits per heavy atom. The fourth-order valence-corrected chi connectivity index (χ4v) is 2.28. The van der Waals surface area contributed by atoms with E-state index < -0.39 is 0 Å². The lowest BCUT2D eigenvalue weighted by Crippen LogP contribution is -1.81. The minimum atomic E-state index is 1.07. The summed E-state index contributed by atoms with van der Waals surface area (Å²) in [7, 11) is 0. The third kappa shape index (κ3) is 1.63. The van der Waals surface area contributed by atoms with Crippen molar-refractivity contribution in [1.82, 2.24) is 4.98 Å². The minimum Gasteiger partial charge on any atom is -0.262 e. The number of aromatic nitrogens is 1. The van der Waals surface area contributed by atoms with Crippen molar-refractivity contribution < 1.29 is 0 Å². The Hall–Kier alpha value is -1.15. The second-order valence-electron chi connectivity index (χ2n) is 3.12. The van der Waals surface area contributed by atoms with Crippen LogP contribution < -0.4 is 0 Å². The van der Waals surface area contributed by atoms with Crippen molar-refractivity contribution in [2.45, 2.75) is 13.8 Å². The molecule has 0 unspecified atom stereocenters. The number of thiophene rings is 1. The van der Waals surface area contributed by atoms with Gasteiger partial charge in [-0.25, -0.2) is 0 Å². The summed E-state index contributed by atoms with van der Waals surface area (Å²) in [5.41, 5.74) is 3.70. The molecule has 2 aromatic heterocycles. The molecule has 0 amide bonds. The van der Waals surface area contributed by atoms with Gasteiger partial charge in [0.1, 0.15) is 0 Å². The summed E-state index contributed by atoms with van der Waals surface area (Å²) in [5.74, 6) is 0. The van der Waals surface area contributed by atoms with Crippen LogP contribution in [0, 0.1) is 13.8 Å². The van der Waals surface area contributed by atoms with Crippen molar-refractivity contribution in [2.75, 3.05) is 0 Å². The van der Waals surface area contributed by atoms with Crippen molar-refractivity contribution in [3.05, 3.63) is 41.0 Å². The maximum absolute atomic E-state index is 4.18. The van der Waals surface area contributed by atoms with Gasteiger partial charge < -0.3 is 0 Å². The first-order valence-electron chi connectivity index (χ1n) is 4.24. The molecule has 2 heterocycles. The van der Waals surface area contributed by atoms with Crippen LogP contribution in [0.25, 0.3) is 10.4 Å². The van der Waals surface area contributed by atoms with Crippen molar-refractivity contribution in [3.63, 3.8) is 0 Å². The second-order valence-corrected chi connectivity index (χ2v) is 4.03. The van der Waals surface area contributed by atoms with Crippen LogP contribution in [0.1, 0.15) is 11.3 Å². The van der Waals surface area contributed by atoms with Crippen molar-refractivity contribution in [1.29, 1.82) is 0 Å². The standard InChI is InChI=1S/C11H11NS/c1-8-4-6-13-11(8)10-3-5-12-9(2)7-10/h3-7H,1-2H3. The van der Waals surface area contributed by atoms with Crippen LogP contribution in [0.15, 0.2) is 29.8 Å². The van der Waals surface area contributed by atoms with E-state index in [9.17, 15) is 0 Å². The fraction of sp³-hybridized carbons (Fsp3) is 0.182. The summed E-state index contributed by atoms with van der Waals surface area (Å²) in [6.45, 7) is 4.16. The summed E-state index contributed by atoms with van der Waals surface area (Å²) in [5, 5.41) is 2.13. The Morgan fingerprint density at radius 1 is 1.23 bits per heavy atom. The molecule has 0 aliphatic rings. The van der Waals surface area contributed by atoms with Gasteiger partial charge in [-0.15, -0.1) is 11.3 Å². The summed E-state index contributed by atoms with van der Waals surface area (Å²) in [4.78, 5) is 5.54. The van der Waals surface area contributed by atoms with E-state index in [1.807, 2.05) is 13.1 Å². The highest BCUT2D eigenvalue weighted by Crippen LogP contribution is 2.28. The molecule has 2 rings (SSSR count). The van der Waals surface area contributed by atoms with E-state index in [0.717, 1.165) is 5.69 Å². The third-order valence-corrected chi connectivity index (χ3v) is 3.09. The number of nitrogens with zero attached hydrogens (tertiary/aromatic N) is 1. The fourth-order valence-electron chi connectivity index (χ4n) is 1.36. The average molecular weight is 189 g/mol. The van der Waals surface area contributed by atoms with Crippen molar-refractivity contribution >= 4 is 11.3 Å². The lowest BCUT2D eigenvalue weighted by atomic mass is 10.1. The summed E-state index contributed by atoms with van der Waals surface area (Å²) in [6, 6.07) is 6.33. The first-order valence-corrected chi connectivity index (χ1v) is 5.12. The molecule has 0 aromatic carbocycles. The number of hydrogen-bond donors (Lipinski definition) is 0. The minimum absolute atomic E-state index is 1.07. The van der Waals surface area contributed by atoms with E-state index in [1.54, 1.807) is 11.3 Å². The normalized spacial score (nSPS) is 10.3. The van der Waals surface area contributed by atoms with Crippen LogP contribution >= 0.6 is 11.3 Å². The zero-order chi connectivity index (χ0) is 9.26. The van der Waals surface area contributed by atoms with Crippen LogP contribution in [0.3, 0.4) is 0 Å². The number of rotatable bonds is 1. The Kier molecular flexibility index (Phi) is 2.15. The second kappa shape index (κ2) is 3.30. The van der Waals surface area contributed by atoms with E-state index >= 15 is 0 Å². The number of hydrogen-bond acceptors (Lipinski definition) is 2. The number of pyridine rings is 1. The zero-order valence-corrected chi connectivity index (χ0v) is 8.56. The highest BCUT2D eigenvalue weighted by molar-refractivity contribution is 7.13.